The van der Waals surface area contributed by atoms with Gasteiger partial charge in [0.25, 0.3) is 0 Å². The van der Waals surface area contributed by atoms with Crippen molar-refractivity contribution in [1.29, 1.82) is 0 Å². The average Bonchev–Trinajstić information content (AvgIpc) is 2.37. The van der Waals surface area contributed by atoms with Gasteiger partial charge >= 0.3 is 0 Å². The van der Waals surface area contributed by atoms with E-state index in [0.717, 1.165) is 19.7 Å². The van der Waals surface area contributed by atoms with Gasteiger partial charge in [-0.25, -0.2) is 0 Å². The van der Waals surface area contributed by atoms with Crippen LogP contribution in [0.15, 0.2) is 0 Å². The summed E-state index contributed by atoms with van der Waals surface area (Å²) in [5.41, 5.74) is 5.49. The number of ether oxygens (including phenoxy) is 1. The highest BCUT2D eigenvalue weighted by Crippen LogP contribution is 2.12. The minimum atomic E-state index is 0. The second kappa shape index (κ2) is 8.08. The molecular weight excluding hydrogens is 199 g/mol. The molecule has 1 fully saturated rings. The number of nitrogens with two attached hydrogens (primary N) is 1. The first-order valence-corrected chi connectivity index (χ1v) is 3.79. The molecule has 1 saturated heterocycles. The van der Waals surface area contributed by atoms with E-state index < -0.39 is 0 Å². The van der Waals surface area contributed by atoms with Crippen LogP contribution in [0, 0.1) is 5.92 Å². The molecule has 1 heterocycles. The number of nitrogens with one attached hydrogen (secondary N) is 1. The lowest BCUT2D eigenvalue weighted by atomic mass is 10.1. The Hall–Kier alpha value is 0.460. The fourth-order valence-corrected chi connectivity index (χ4v) is 1.44. The molecule has 3 N–H and O–H groups in total. The van der Waals surface area contributed by atoms with Gasteiger partial charge in [-0.3, -0.25) is 0 Å². The number of rotatable bonds is 3. The molecule has 2 atom stereocenters. The van der Waals surface area contributed by atoms with Gasteiger partial charge in [-0.2, -0.15) is 0 Å². The van der Waals surface area contributed by atoms with Crippen LogP contribution in [0.5, 0.6) is 0 Å². The maximum absolute atomic E-state index is 5.49. The van der Waals surface area contributed by atoms with Crippen molar-refractivity contribution >= 4 is 24.8 Å². The third-order valence-corrected chi connectivity index (χ3v) is 2.00. The zero-order valence-electron chi connectivity index (χ0n) is 7.29. The minimum absolute atomic E-state index is 0. The van der Waals surface area contributed by atoms with Crippen LogP contribution in [0.1, 0.15) is 6.42 Å². The summed E-state index contributed by atoms with van der Waals surface area (Å²) >= 11 is 0. The van der Waals surface area contributed by atoms with E-state index >= 15 is 0 Å². The summed E-state index contributed by atoms with van der Waals surface area (Å²) in [6.07, 6.45) is 1.17. The average molecular weight is 217 g/mol. The highest BCUT2D eigenvalue weighted by Gasteiger charge is 2.21. The summed E-state index contributed by atoms with van der Waals surface area (Å²) in [5.74, 6) is 0.679. The van der Waals surface area contributed by atoms with Gasteiger partial charge in [0, 0.05) is 26.2 Å². The highest BCUT2D eigenvalue weighted by molar-refractivity contribution is 5.85. The predicted molar refractivity (Wildman–Crippen MR) is 55.3 cm³/mol. The summed E-state index contributed by atoms with van der Waals surface area (Å²) in [6.45, 7) is 2.68. The van der Waals surface area contributed by atoms with Gasteiger partial charge in [0.05, 0.1) is 6.61 Å². The third kappa shape index (κ3) is 4.48. The van der Waals surface area contributed by atoms with E-state index in [9.17, 15) is 0 Å². The van der Waals surface area contributed by atoms with Crippen molar-refractivity contribution < 1.29 is 4.74 Å². The molecule has 0 amide bonds. The number of hydrogen-bond acceptors (Lipinski definition) is 3. The quantitative estimate of drug-likeness (QED) is 0.719. The Morgan fingerprint density at radius 3 is 2.58 bits per heavy atom. The molecule has 3 nitrogen and oxygen atoms in total. The standard InChI is InChI=1S/C7H16N2O.2ClH/c1-10-5-6-2-7(3-8)9-4-6;;/h6-7,9H,2-5,8H2,1H3;2*1H/t6-,7-;;/m0../s1. The van der Waals surface area contributed by atoms with Crippen molar-refractivity contribution in [2.24, 2.45) is 11.7 Å². The summed E-state index contributed by atoms with van der Waals surface area (Å²) in [4.78, 5) is 0. The molecular formula is C7H18Cl2N2O. The zero-order chi connectivity index (χ0) is 7.40. The molecule has 0 aromatic rings. The van der Waals surface area contributed by atoms with Gasteiger partial charge < -0.3 is 15.8 Å². The van der Waals surface area contributed by atoms with Gasteiger partial charge in [0.1, 0.15) is 0 Å². The van der Waals surface area contributed by atoms with E-state index in [4.69, 9.17) is 10.5 Å². The molecule has 12 heavy (non-hydrogen) atoms. The van der Waals surface area contributed by atoms with Crippen molar-refractivity contribution in [2.45, 2.75) is 12.5 Å². The van der Waals surface area contributed by atoms with E-state index in [0.29, 0.717) is 12.0 Å². The Bertz CT molecular complexity index is 105. The number of methoxy groups -OCH3 is 1. The Morgan fingerprint density at radius 1 is 1.50 bits per heavy atom. The molecule has 1 rings (SSSR count). The lowest BCUT2D eigenvalue weighted by molar-refractivity contribution is 0.159. The summed E-state index contributed by atoms with van der Waals surface area (Å²) in [6, 6.07) is 0.528. The molecule has 0 saturated carbocycles. The van der Waals surface area contributed by atoms with Crippen LogP contribution in [-0.2, 0) is 4.74 Å². The molecule has 0 bridgehead atoms. The van der Waals surface area contributed by atoms with Crippen molar-refractivity contribution in [3.05, 3.63) is 0 Å². The SMILES string of the molecule is COC[C@@H]1CN[C@H](CN)C1.Cl.Cl. The molecule has 1 aliphatic heterocycles. The molecule has 0 aromatic heterocycles. The normalized spacial score (nSPS) is 27.5. The molecule has 1 aliphatic rings. The van der Waals surface area contributed by atoms with Gasteiger partial charge in [-0.05, 0) is 12.3 Å². The predicted octanol–water partition coefficient (Wildman–Crippen LogP) is 0.413. The van der Waals surface area contributed by atoms with Crippen LogP contribution in [-0.4, -0.2) is 32.8 Å². The fraction of sp³-hybridized carbons (Fsp3) is 1.00. The van der Waals surface area contributed by atoms with Crippen LogP contribution in [0.3, 0.4) is 0 Å². The second-order valence-electron chi connectivity index (χ2n) is 2.90. The maximum atomic E-state index is 5.49. The third-order valence-electron chi connectivity index (χ3n) is 2.00. The van der Waals surface area contributed by atoms with Gasteiger partial charge in [-0.15, -0.1) is 24.8 Å². The molecule has 5 heteroatoms. The van der Waals surface area contributed by atoms with E-state index in [1.165, 1.54) is 6.42 Å². The molecule has 76 valence electrons. The number of hydrogen-bond donors (Lipinski definition) is 2. The maximum Gasteiger partial charge on any atom is 0.0503 e. The van der Waals surface area contributed by atoms with Crippen LogP contribution in [0.2, 0.25) is 0 Å². The first kappa shape index (κ1) is 15.0. The van der Waals surface area contributed by atoms with Crippen molar-refractivity contribution in [3.63, 3.8) is 0 Å². The fourth-order valence-electron chi connectivity index (χ4n) is 1.44. The van der Waals surface area contributed by atoms with Crippen LogP contribution >= 0.6 is 24.8 Å². The van der Waals surface area contributed by atoms with Gasteiger partial charge in [0.2, 0.25) is 0 Å². The first-order chi connectivity index (χ1) is 4.86. The largest absolute Gasteiger partial charge is 0.384 e. The highest BCUT2D eigenvalue weighted by atomic mass is 35.5. The lowest BCUT2D eigenvalue weighted by Gasteiger charge is -2.06. The van der Waals surface area contributed by atoms with E-state index in [1.54, 1.807) is 7.11 Å². The van der Waals surface area contributed by atoms with Gasteiger partial charge in [-0.1, -0.05) is 0 Å². The zero-order valence-corrected chi connectivity index (χ0v) is 8.92. The van der Waals surface area contributed by atoms with E-state index in [-0.39, 0.29) is 24.8 Å². The van der Waals surface area contributed by atoms with Crippen LogP contribution < -0.4 is 11.1 Å². The Morgan fingerprint density at radius 2 is 2.17 bits per heavy atom. The van der Waals surface area contributed by atoms with Crippen LogP contribution in [0.25, 0.3) is 0 Å². The Balaban J connectivity index is 0. The summed E-state index contributed by atoms with van der Waals surface area (Å²) in [7, 11) is 1.75. The lowest BCUT2D eigenvalue weighted by Crippen LogP contribution is -2.29. The van der Waals surface area contributed by atoms with E-state index in [1.807, 2.05) is 0 Å². The first-order valence-electron chi connectivity index (χ1n) is 3.79. The molecule has 0 unspecified atom stereocenters. The topological polar surface area (TPSA) is 47.3 Å². The number of halogens is 2. The van der Waals surface area contributed by atoms with Crippen LogP contribution in [0.4, 0.5) is 0 Å². The summed E-state index contributed by atoms with van der Waals surface area (Å²) in [5, 5.41) is 3.34. The molecule has 0 spiro atoms. The Kier molecular flexibility index (Phi) is 10.1. The van der Waals surface area contributed by atoms with Crippen molar-refractivity contribution in [1.82, 2.24) is 5.32 Å². The van der Waals surface area contributed by atoms with Crippen molar-refractivity contribution in [3.8, 4) is 0 Å². The molecule has 0 aromatic carbocycles. The summed E-state index contributed by atoms with van der Waals surface area (Å²) < 4.78 is 5.04. The van der Waals surface area contributed by atoms with Crippen molar-refractivity contribution in [2.75, 3.05) is 26.8 Å². The van der Waals surface area contributed by atoms with Gasteiger partial charge in [0.15, 0.2) is 0 Å². The monoisotopic (exact) mass is 216 g/mol. The second-order valence-corrected chi connectivity index (χ2v) is 2.90. The smallest absolute Gasteiger partial charge is 0.0503 e. The molecule has 0 aliphatic carbocycles. The minimum Gasteiger partial charge on any atom is -0.384 e. The van der Waals surface area contributed by atoms with E-state index in [2.05, 4.69) is 5.32 Å². The Labute approximate surface area is 86.2 Å². The molecule has 0 radical (unpaired) electrons.